The minimum Gasteiger partial charge on any atom is -0.307 e. The molecule has 0 saturated heterocycles. The van der Waals surface area contributed by atoms with E-state index >= 15 is 0 Å². The van der Waals surface area contributed by atoms with Crippen molar-refractivity contribution in [2.75, 3.05) is 5.32 Å². The molecule has 1 atom stereocenters. The van der Waals surface area contributed by atoms with Crippen LogP contribution in [-0.2, 0) is 11.8 Å². The molecule has 0 saturated carbocycles. The first-order valence-corrected chi connectivity index (χ1v) is 6.28. The summed E-state index contributed by atoms with van der Waals surface area (Å²) in [5, 5.41) is 11.0. The Balaban J connectivity index is 2.12. The average molecular weight is 312 g/mol. The molecule has 1 N–H and O–H groups in total. The zero-order valence-corrected chi connectivity index (χ0v) is 12.0. The molecule has 2 aromatic heterocycles. The molecule has 1 amide bonds. The lowest BCUT2D eigenvalue weighted by Crippen LogP contribution is -2.25. The lowest BCUT2D eigenvalue weighted by Gasteiger charge is -2.13. The quantitative estimate of drug-likeness (QED) is 0.941. The average Bonchev–Trinajstić information content (AvgIpc) is 2.87. The van der Waals surface area contributed by atoms with Crippen LogP contribution in [0.2, 0.25) is 0 Å². The Morgan fingerprint density at radius 1 is 1.56 bits per heavy atom. The van der Waals surface area contributed by atoms with Gasteiger partial charge in [-0.05, 0) is 29.8 Å². The van der Waals surface area contributed by atoms with Gasteiger partial charge >= 0.3 is 0 Å². The second kappa shape index (κ2) is 4.93. The molecule has 0 spiro atoms. The van der Waals surface area contributed by atoms with Crippen molar-refractivity contribution in [2.24, 2.45) is 7.05 Å². The van der Waals surface area contributed by atoms with E-state index in [2.05, 4.69) is 31.4 Å². The summed E-state index contributed by atoms with van der Waals surface area (Å²) in [6, 6.07) is 1.36. The Morgan fingerprint density at radius 2 is 2.28 bits per heavy atom. The van der Waals surface area contributed by atoms with Gasteiger partial charge in [-0.2, -0.15) is 10.2 Å². The number of amides is 1. The predicted molar refractivity (Wildman–Crippen MR) is 71.2 cm³/mol. The van der Waals surface area contributed by atoms with Crippen LogP contribution in [0.4, 0.5) is 5.82 Å². The van der Waals surface area contributed by atoms with Crippen molar-refractivity contribution in [1.29, 1.82) is 0 Å². The highest BCUT2D eigenvalue weighted by molar-refractivity contribution is 9.10. The highest BCUT2D eigenvalue weighted by Crippen LogP contribution is 2.19. The third-order valence-electron chi connectivity index (χ3n) is 2.70. The summed E-state index contributed by atoms with van der Waals surface area (Å²) in [5.41, 5.74) is 0.915. The molecule has 2 heterocycles. The van der Waals surface area contributed by atoms with Crippen LogP contribution in [0.25, 0.3) is 0 Å². The maximum Gasteiger partial charge on any atom is 0.250 e. The van der Waals surface area contributed by atoms with Crippen molar-refractivity contribution in [3.05, 3.63) is 28.6 Å². The first kappa shape index (κ1) is 12.8. The highest BCUT2D eigenvalue weighted by atomic mass is 79.9. The molecule has 0 fully saturated rings. The number of anilines is 1. The third-order valence-corrected chi connectivity index (χ3v) is 3.47. The number of carbonyl (C=O) groups excluding carboxylic acids is 1. The molecule has 0 aliphatic heterocycles. The first-order chi connectivity index (χ1) is 8.49. The summed E-state index contributed by atoms with van der Waals surface area (Å²) in [7, 11) is 1.80. The van der Waals surface area contributed by atoms with E-state index in [1.54, 1.807) is 41.8 Å². The molecule has 7 heteroatoms. The zero-order valence-electron chi connectivity index (χ0n) is 10.4. The van der Waals surface area contributed by atoms with E-state index in [4.69, 9.17) is 0 Å². The number of hydrogen-bond acceptors (Lipinski definition) is 3. The second-order valence-corrected chi connectivity index (χ2v) is 4.92. The molecule has 2 aromatic rings. The van der Waals surface area contributed by atoms with Crippen LogP contribution in [0.3, 0.4) is 0 Å². The van der Waals surface area contributed by atoms with Crippen LogP contribution in [0.15, 0.2) is 22.9 Å². The van der Waals surface area contributed by atoms with Gasteiger partial charge in [0.2, 0.25) is 5.91 Å². The SMILES string of the molecule is Cc1c(Br)cnn1C(C)C(=O)Nc1ccn(C)n1. The highest BCUT2D eigenvalue weighted by Gasteiger charge is 2.19. The number of aromatic nitrogens is 4. The number of rotatable bonds is 3. The molecule has 1 unspecified atom stereocenters. The smallest absolute Gasteiger partial charge is 0.250 e. The van der Waals surface area contributed by atoms with E-state index in [0.29, 0.717) is 5.82 Å². The van der Waals surface area contributed by atoms with Crippen LogP contribution in [0.5, 0.6) is 0 Å². The Labute approximate surface area is 113 Å². The van der Waals surface area contributed by atoms with Crippen molar-refractivity contribution < 1.29 is 4.79 Å². The number of hydrogen-bond donors (Lipinski definition) is 1. The van der Waals surface area contributed by atoms with Crippen LogP contribution >= 0.6 is 15.9 Å². The van der Waals surface area contributed by atoms with Crippen LogP contribution in [0.1, 0.15) is 18.7 Å². The summed E-state index contributed by atoms with van der Waals surface area (Å²) in [6.07, 6.45) is 3.45. The van der Waals surface area contributed by atoms with E-state index in [1.807, 2.05) is 6.92 Å². The van der Waals surface area contributed by atoms with E-state index in [0.717, 1.165) is 10.2 Å². The third kappa shape index (κ3) is 2.45. The lowest BCUT2D eigenvalue weighted by molar-refractivity contribution is -0.119. The fourth-order valence-corrected chi connectivity index (χ4v) is 1.89. The molecule has 6 nitrogen and oxygen atoms in total. The van der Waals surface area contributed by atoms with Gasteiger partial charge < -0.3 is 5.32 Å². The van der Waals surface area contributed by atoms with Gasteiger partial charge in [0.1, 0.15) is 6.04 Å². The van der Waals surface area contributed by atoms with Gasteiger partial charge in [0.15, 0.2) is 5.82 Å². The summed E-state index contributed by atoms with van der Waals surface area (Å²) < 4.78 is 4.19. The zero-order chi connectivity index (χ0) is 13.3. The standard InChI is InChI=1S/C11H14BrN5O/c1-7-9(12)6-13-17(7)8(2)11(18)14-10-4-5-16(3)15-10/h4-6,8H,1-3H3,(H,14,15,18). The molecule has 0 bridgehead atoms. The maximum atomic E-state index is 12.0. The van der Waals surface area contributed by atoms with Crippen molar-refractivity contribution in [2.45, 2.75) is 19.9 Å². The lowest BCUT2D eigenvalue weighted by atomic mass is 10.3. The van der Waals surface area contributed by atoms with E-state index < -0.39 is 6.04 Å². The van der Waals surface area contributed by atoms with Crippen molar-refractivity contribution >= 4 is 27.7 Å². The Bertz CT molecular complexity index is 574. The Morgan fingerprint density at radius 3 is 2.78 bits per heavy atom. The molecule has 0 aliphatic carbocycles. The molecule has 0 radical (unpaired) electrons. The molecular weight excluding hydrogens is 298 g/mol. The summed E-state index contributed by atoms with van der Waals surface area (Å²) in [6.45, 7) is 3.70. The normalized spacial score (nSPS) is 12.4. The van der Waals surface area contributed by atoms with Gasteiger partial charge in [0.25, 0.3) is 0 Å². The number of nitrogens with one attached hydrogen (secondary N) is 1. The monoisotopic (exact) mass is 311 g/mol. The summed E-state index contributed by atoms with van der Waals surface area (Å²) in [4.78, 5) is 12.0. The summed E-state index contributed by atoms with van der Waals surface area (Å²) >= 11 is 3.37. The van der Waals surface area contributed by atoms with Crippen molar-refractivity contribution in [1.82, 2.24) is 19.6 Å². The second-order valence-electron chi connectivity index (χ2n) is 4.06. The fourth-order valence-electron chi connectivity index (χ4n) is 1.62. The van der Waals surface area contributed by atoms with Gasteiger partial charge in [-0.1, -0.05) is 0 Å². The summed E-state index contributed by atoms with van der Waals surface area (Å²) in [5.74, 6) is 0.394. The largest absolute Gasteiger partial charge is 0.307 e. The van der Waals surface area contributed by atoms with Gasteiger partial charge in [-0.15, -0.1) is 0 Å². The topological polar surface area (TPSA) is 64.7 Å². The Hall–Kier alpha value is -1.63. The predicted octanol–water partition coefficient (Wildman–Crippen LogP) is 1.89. The number of halogens is 1. The number of aryl methyl sites for hydroxylation is 1. The van der Waals surface area contributed by atoms with Crippen LogP contribution < -0.4 is 5.32 Å². The molecular formula is C11H14BrN5O. The van der Waals surface area contributed by atoms with Crippen molar-refractivity contribution in [3.8, 4) is 0 Å². The maximum absolute atomic E-state index is 12.0. The Kier molecular flexibility index (Phi) is 3.51. The molecule has 0 aromatic carbocycles. The molecule has 2 rings (SSSR count). The fraction of sp³-hybridized carbons (Fsp3) is 0.364. The molecule has 18 heavy (non-hydrogen) atoms. The number of carbonyl (C=O) groups is 1. The van der Waals surface area contributed by atoms with E-state index in [9.17, 15) is 4.79 Å². The van der Waals surface area contributed by atoms with E-state index in [1.165, 1.54) is 0 Å². The van der Waals surface area contributed by atoms with Gasteiger partial charge in [0.05, 0.1) is 16.4 Å². The van der Waals surface area contributed by atoms with Crippen LogP contribution in [-0.4, -0.2) is 25.5 Å². The van der Waals surface area contributed by atoms with Crippen molar-refractivity contribution in [3.63, 3.8) is 0 Å². The van der Waals surface area contributed by atoms with Gasteiger partial charge in [-0.25, -0.2) is 0 Å². The minimum atomic E-state index is -0.390. The number of nitrogens with zero attached hydrogens (tertiary/aromatic N) is 4. The van der Waals surface area contributed by atoms with Gasteiger partial charge in [-0.3, -0.25) is 14.2 Å². The van der Waals surface area contributed by atoms with Crippen LogP contribution in [0, 0.1) is 6.92 Å². The van der Waals surface area contributed by atoms with Gasteiger partial charge in [0, 0.05) is 19.3 Å². The van der Waals surface area contributed by atoms with E-state index in [-0.39, 0.29) is 5.91 Å². The first-order valence-electron chi connectivity index (χ1n) is 5.49. The minimum absolute atomic E-state index is 0.146. The molecule has 96 valence electrons. The molecule has 0 aliphatic rings.